The molecule has 2 aromatic rings. The van der Waals surface area contributed by atoms with Crippen molar-refractivity contribution in [3.8, 4) is 5.75 Å². The number of carbonyl (C=O) groups is 1. The maximum absolute atomic E-state index is 12.6. The van der Waals surface area contributed by atoms with E-state index in [-0.39, 0.29) is 5.91 Å². The number of hydrogen-bond acceptors (Lipinski definition) is 4. The first-order valence-corrected chi connectivity index (χ1v) is 9.69. The number of piperazine rings is 1. The molecule has 0 saturated carbocycles. The molecule has 144 valence electrons. The molecule has 3 rings (SSSR count). The van der Waals surface area contributed by atoms with Gasteiger partial charge >= 0.3 is 0 Å². The number of hydrogen-bond donors (Lipinski definition) is 1. The molecular formula is C21H26ClN3O2. The van der Waals surface area contributed by atoms with Crippen molar-refractivity contribution in [2.45, 2.75) is 12.5 Å². The van der Waals surface area contributed by atoms with Gasteiger partial charge in [0.25, 0.3) is 0 Å². The summed E-state index contributed by atoms with van der Waals surface area (Å²) in [6, 6.07) is 16.9. The minimum Gasteiger partial charge on any atom is -0.491 e. The van der Waals surface area contributed by atoms with Gasteiger partial charge in [-0.05, 0) is 24.1 Å². The summed E-state index contributed by atoms with van der Waals surface area (Å²) >= 11 is 6.09. The second-order valence-electron chi connectivity index (χ2n) is 6.74. The van der Waals surface area contributed by atoms with E-state index in [4.69, 9.17) is 22.1 Å². The van der Waals surface area contributed by atoms with Gasteiger partial charge in [0.2, 0.25) is 5.91 Å². The SMILES string of the molecule is NC(Cc1ccccc1)C(=O)N1CCN(CCOc2ccccc2Cl)CC1. The minimum atomic E-state index is -0.484. The Labute approximate surface area is 165 Å². The van der Waals surface area contributed by atoms with Crippen molar-refractivity contribution in [1.82, 2.24) is 9.80 Å². The van der Waals surface area contributed by atoms with Gasteiger partial charge in [0.1, 0.15) is 12.4 Å². The van der Waals surface area contributed by atoms with E-state index in [0.717, 1.165) is 25.2 Å². The van der Waals surface area contributed by atoms with Crippen LogP contribution in [0.4, 0.5) is 0 Å². The Kier molecular flexibility index (Phi) is 7.10. The van der Waals surface area contributed by atoms with Crippen molar-refractivity contribution in [3.63, 3.8) is 0 Å². The first-order valence-electron chi connectivity index (χ1n) is 9.31. The zero-order valence-electron chi connectivity index (χ0n) is 15.4. The van der Waals surface area contributed by atoms with Crippen LogP contribution in [0.25, 0.3) is 0 Å². The van der Waals surface area contributed by atoms with Gasteiger partial charge in [-0.25, -0.2) is 0 Å². The number of carbonyl (C=O) groups excluding carboxylic acids is 1. The van der Waals surface area contributed by atoms with Crippen molar-refractivity contribution < 1.29 is 9.53 Å². The molecule has 1 aliphatic rings. The van der Waals surface area contributed by atoms with Crippen LogP contribution in [0, 0.1) is 0 Å². The Morgan fingerprint density at radius 2 is 1.70 bits per heavy atom. The zero-order valence-corrected chi connectivity index (χ0v) is 16.1. The normalized spacial score (nSPS) is 16.1. The monoisotopic (exact) mass is 387 g/mol. The van der Waals surface area contributed by atoms with Crippen molar-refractivity contribution in [1.29, 1.82) is 0 Å². The molecule has 0 aromatic heterocycles. The Hall–Kier alpha value is -2.08. The van der Waals surface area contributed by atoms with Gasteiger partial charge in [-0.2, -0.15) is 0 Å². The van der Waals surface area contributed by atoms with Gasteiger partial charge < -0.3 is 15.4 Å². The lowest BCUT2D eigenvalue weighted by Crippen LogP contribution is -2.54. The fraction of sp³-hybridized carbons (Fsp3) is 0.381. The van der Waals surface area contributed by atoms with Gasteiger partial charge in [-0.15, -0.1) is 0 Å². The van der Waals surface area contributed by atoms with E-state index >= 15 is 0 Å². The van der Waals surface area contributed by atoms with Gasteiger partial charge in [-0.1, -0.05) is 54.1 Å². The summed E-state index contributed by atoms with van der Waals surface area (Å²) in [4.78, 5) is 16.8. The molecule has 0 spiro atoms. The molecule has 0 aliphatic carbocycles. The molecule has 1 amide bonds. The number of nitrogens with two attached hydrogens (primary N) is 1. The molecule has 1 heterocycles. The summed E-state index contributed by atoms with van der Waals surface area (Å²) in [5.41, 5.74) is 7.23. The minimum absolute atomic E-state index is 0.0332. The summed E-state index contributed by atoms with van der Waals surface area (Å²) in [5.74, 6) is 0.741. The molecule has 27 heavy (non-hydrogen) atoms. The van der Waals surface area contributed by atoms with E-state index in [0.29, 0.717) is 36.9 Å². The molecule has 0 bridgehead atoms. The highest BCUT2D eigenvalue weighted by atomic mass is 35.5. The predicted octanol–water partition coefficient (Wildman–Crippen LogP) is 2.43. The van der Waals surface area contributed by atoms with E-state index in [9.17, 15) is 4.79 Å². The lowest BCUT2D eigenvalue weighted by molar-refractivity contribution is -0.134. The summed E-state index contributed by atoms with van der Waals surface area (Å²) < 4.78 is 5.74. The lowest BCUT2D eigenvalue weighted by Gasteiger charge is -2.35. The molecule has 1 atom stereocenters. The van der Waals surface area contributed by atoms with Crippen molar-refractivity contribution in [3.05, 3.63) is 65.2 Å². The third-order valence-electron chi connectivity index (χ3n) is 4.80. The number of amides is 1. The molecule has 5 nitrogen and oxygen atoms in total. The standard InChI is InChI=1S/C21H26ClN3O2/c22-18-8-4-5-9-20(18)27-15-14-24-10-12-25(13-11-24)21(26)19(23)16-17-6-2-1-3-7-17/h1-9,19H,10-16,23H2. The van der Waals surface area contributed by atoms with Crippen LogP contribution in [0.5, 0.6) is 5.75 Å². The van der Waals surface area contributed by atoms with Gasteiger partial charge in [-0.3, -0.25) is 9.69 Å². The van der Waals surface area contributed by atoms with Crippen molar-refractivity contribution >= 4 is 17.5 Å². The van der Waals surface area contributed by atoms with Gasteiger partial charge in [0.15, 0.2) is 0 Å². The summed E-state index contributed by atoms with van der Waals surface area (Å²) in [6.07, 6.45) is 0.575. The van der Waals surface area contributed by atoms with E-state index in [2.05, 4.69) is 4.90 Å². The molecule has 1 saturated heterocycles. The number of benzene rings is 2. The fourth-order valence-corrected chi connectivity index (χ4v) is 3.42. The Balaban J connectivity index is 1.39. The van der Waals surface area contributed by atoms with Crippen molar-refractivity contribution in [2.75, 3.05) is 39.3 Å². The average molecular weight is 388 g/mol. The molecule has 1 fully saturated rings. The maximum Gasteiger partial charge on any atom is 0.239 e. The second-order valence-corrected chi connectivity index (χ2v) is 7.15. The van der Waals surface area contributed by atoms with E-state index in [1.807, 2.05) is 59.5 Å². The largest absolute Gasteiger partial charge is 0.491 e. The molecule has 6 heteroatoms. The predicted molar refractivity (Wildman–Crippen MR) is 108 cm³/mol. The van der Waals surface area contributed by atoms with Crippen LogP contribution in [-0.2, 0) is 11.2 Å². The number of halogens is 1. The maximum atomic E-state index is 12.6. The van der Waals surface area contributed by atoms with Crippen LogP contribution in [0.15, 0.2) is 54.6 Å². The molecule has 0 radical (unpaired) electrons. The topological polar surface area (TPSA) is 58.8 Å². The van der Waals surface area contributed by atoms with Crippen molar-refractivity contribution in [2.24, 2.45) is 5.73 Å². The smallest absolute Gasteiger partial charge is 0.239 e. The molecule has 1 unspecified atom stereocenters. The Morgan fingerprint density at radius 3 is 2.41 bits per heavy atom. The molecule has 2 N–H and O–H groups in total. The first kappa shape index (κ1) is 19.7. The lowest BCUT2D eigenvalue weighted by atomic mass is 10.1. The first-order chi connectivity index (χ1) is 13.1. The molecule has 1 aliphatic heterocycles. The van der Waals surface area contributed by atoms with Crippen LogP contribution >= 0.6 is 11.6 Å². The van der Waals surface area contributed by atoms with E-state index in [1.165, 1.54) is 0 Å². The van der Waals surface area contributed by atoms with Crippen LogP contribution < -0.4 is 10.5 Å². The highest BCUT2D eigenvalue weighted by molar-refractivity contribution is 6.32. The quantitative estimate of drug-likeness (QED) is 0.792. The van der Waals surface area contributed by atoms with Crippen LogP contribution in [0.3, 0.4) is 0 Å². The molecular weight excluding hydrogens is 362 g/mol. The molecule has 2 aromatic carbocycles. The number of nitrogens with zero attached hydrogens (tertiary/aromatic N) is 2. The third-order valence-corrected chi connectivity index (χ3v) is 5.11. The van der Waals surface area contributed by atoms with Gasteiger partial charge in [0, 0.05) is 32.7 Å². The highest BCUT2D eigenvalue weighted by Crippen LogP contribution is 2.22. The van der Waals surface area contributed by atoms with Crippen LogP contribution in [0.1, 0.15) is 5.56 Å². The van der Waals surface area contributed by atoms with Crippen LogP contribution in [-0.4, -0.2) is 61.1 Å². The fourth-order valence-electron chi connectivity index (χ4n) is 3.23. The number of ether oxygens (including phenoxy) is 1. The van der Waals surface area contributed by atoms with E-state index in [1.54, 1.807) is 0 Å². The van der Waals surface area contributed by atoms with Crippen LogP contribution in [0.2, 0.25) is 5.02 Å². The Morgan fingerprint density at radius 1 is 1.04 bits per heavy atom. The van der Waals surface area contributed by atoms with Gasteiger partial charge in [0.05, 0.1) is 11.1 Å². The average Bonchev–Trinajstić information content (AvgIpc) is 2.70. The highest BCUT2D eigenvalue weighted by Gasteiger charge is 2.25. The van der Waals surface area contributed by atoms with E-state index < -0.39 is 6.04 Å². The number of para-hydroxylation sites is 1. The third kappa shape index (κ3) is 5.70. The second kappa shape index (κ2) is 9.74. The Bertz CT molecular complexity index is 733. The zero-order chi connectivity index (χ0) is 19.1. The number of rotatable bonds is 7. The summed E-state index contributed by atoms with van der Waals surface area (Å²) in [6.45, 7) is 4.45. The summed E-state index contributed by atoms with van der Waals surface area (Å²) in [5, 5.41) is 0.625. The summed E-state index contributed by atoms with van der Waals surface area (Å²) in [7, 11) is 0.